The third kappa shape index (κ3) is 3.41. The summed E-state index contributed by atoms with van der Waals surface area (Å²) in [7, 11) is 1.27. The lowest BCUT2D eigenvalue weighted by Gasteiger charge is -2.11. The van der Waals surface area contributed by atoms with Crippen molar-refractivity contribution in [3.05, 3.63) is 52.0 Å². The van der Waals surface area contributed by atoms with Crippen LogP contribution in [0.5, 0.6) is 11.5 Å². The number of alkyl halides is 2. The minimum absolute atomic E-state index is 0.0250. The van der Waals surface area contributed by atoms with E-state index < -0.39 is 12.2 Å². The minimum Gasteiger partial charge on any atom is -0.493 e. The van der Waals surface area contributed by atoms with Gasteiger partial charge in [0.15, 0.2) is 17.3 Å². The molecule has 1 N–H and O–H groups in total. The molecule has 0 fully saturated rings. The van der Waals surface area contributed by atoms with Gasteiger partial charge in [0.2, 0.25) is 0 Å². The lowest BCUT2D eigenvalue weighted by atomic mass is 10.1. The highest BCUT2D eigenvalue weighted by molar-refractivity contribution is 5.98. The van der Waals surface area contributed by atoms with Crippen molar-refractivity contribution in [3.63, 3.8) is 0 Å². The molecule has 136 valence electrons. The molecule has 2 aromatic heterocycles. The van der Waals surface area contributed by atoms with Gasteiger partial charge in [0, 0.05) is 6.07 Å². The molecule has 0 aliphatic heterocycles. The topological polar surface area (TPSA) is 94.4 Å². The fraction of sp³-hybridized carbons (Fsp3) is 0.235. The number of aryl methyl sites for hydroxylation is 1. The number of Topliss-reactive ketones (excluding diaryl/α,β-unsaturated/α-hetero) is 1. The number of ether oxygens (including phenoxy) is 2. The minimum atomic E-state index is -3.06. The number of nitrogens with zero attached hydrogens (tertiary/aromatic N) is 1. The van der Waals surface area contributed by atoms with Gasteiger partial charge in [-0.1, -0.05) is 0 Å². The first-order valence-electron chi connectivity index (χ1n) is 7.52. The van der Waals surface area contributed by atoms with Gasteiger partial charge < -0.3 is 18.9 Å². The molecule has 0 saturated carbocycles. The summed E-state index contributed by atoms with van der Waals surface area (Å²) in [6.07, 6.45) is 1.21. The van der Waals surface area contributed by atoms with Gasteiger partial charge in [-0.3, -0.25) is 9.59 Å². The molecular formula is C17H14F2N2O5. The Labute approximate surface area is 145 Å². The Hall–Kier alpha value is -3.23. The number of nitrogens with one attached hydrogen (secondary N) is 1. The molecule has 0 amide bonds. The number of halogens is 2. The van der Waals surface area contributed by atoms with E-state index in [1.165, 1.54) is 31.6 Å². The number of fused-ring (bicyclic) bond motifs is 1. The third-order valence-corrected chi connectivity index (χ3v) is 3.74. The quantitative estimate of drug-likeness (QED) is 0.676. The normalized spacial score (nSPS) is 11.1. The molecule has 0 aliphatic rings. The van der Waals surface area contributed by atoms with Gasteiger partial charge in [0.25, 0.3) is 5.56 Å². The van der Waals surface area contributed by atoms with Crippen LogP contribution in [-0.4, -0.2) is 29.5 Å². The lowest BCUT2D eigenvalue weighted by molar-refractivity contribution is -0.0511. The summed E-state index contributed by atoms with van der Waals surface area (Å²) in [5, 5.41) is 0.124. The zero-order valence-corrected chi connectivity index (χ0v) is 13.8. The van der Waals surface area contributed by atoms with Crippen LogP contribution < -0.4 is 15.0 Å². The van der Waals surface area contributed by atoms with Crippen LogP contribution in [0.25, 0.3) is 10.9 Å². The summed E-state index contributed by atoms with van der Waals surface area (Å²) in [5.41, 5.74) is -0.0373. The van der Waals surface area contributed by atoms with E-state index in [4.69, 9.17) is 9.15 Å². The van der Waals surface area contributed by atoms with E-state index >= 15 is 0 Å². The molecule has 2 heterocycles. The molecule has 26 heavy (non-hydrogen) atoms. The summed E-state index contributed by atoms with van der Waals surface area (Å²) >= 11 is 0. The predicted octanol–water partition coefficient (Wildman–Crippen LogP) is 2.86. The number of aromatic amines is 1. The van der Waals surface area contributed by atoms with Crippen molar-refractivity contribution in [2.75, 3.05) is 7.11 Å². The Bertz CT molecular complexity index is 1030. The number of hydrogen-bond donors (Lipinski definition) is 1. The van der Waals surface area contributed by atoms with Gasteiger partial charge in [-0.05, 0) is 19.1 Å². The molecule has 0 aliphatic carbocycles. The van der Waals surface area contributed by atoms with Crippen LogP contribution in [0.2, 0.25) is 0 Å². The number of methoxy groups -OCH3 is 1. The second-order valence-electron chi connectivity index (χ2n) is 5.40. The number of carbonyl (C=O) groups excluding carboxylic acids is 1. The first kappa shape index (κ1) is 17.6. The fourth-order valence-corrected chi connectivity index (χ4v) is 2.55. The molecule has 1 aromatic carbocycles. The van der Waals surface area contributed by atoms with Gasteiger partial charge in [0.1, 0.15) is 11.6 Å². The second kappa shape index (κ2) is 6.95. The summed E-state index contributed by atoms with van der Waals surface area (Å²) in [6.45, 7) is -1.42. The van der Waals surface area contributed by atoms with Crippen LogP contribution in [0.1, 0.15) is 21.9 Å². The molecule has 0 unspecified atom stereocenters. The average Bonchev–Trinajstić information content (AvgIpc) is 3.00. The molecule has 3 aromatic rings. The van der Waals surface area contributed by atoms with Crippen molar-refractivity contribution in [1.82, 2.24) is 9.97 Å². The molecule has 0 saturated heterocycles. The number of aromatic nitrogens is 2. The Balaban J connectivity index is 2.02. The van der Waals surface area contributed by atoms with Gasteiger partial charge >= 0.3 is 6.61 Å². The van der Waals surface area contributed by atoms with Gasteiger partial charge in [-0.25, -0.2) is 4.98 Å². The van der Waals surface area contributed by atoms with Crippen molar-refractivity contribution in [1.29, 1.82) is 0 Å². The summed E-state index contributed by atoms with van der Waals surface area (Å²) < 4.78 is 39.5. The van der Waals surface area contributed by atoms with Gasteiger partial charge in [-0.2, -0.15) is 8.78 Å². The largest absolute Gasteiger partial charge is 0.493 e. The van der Waals surface area contributed by atoms with Crippen LogP contribution in [0, 0.1) is 6.92 Å². The maximum absolute atomic E-state index is 12.5. The van der Waals surface area contributed by atoms with Crippen LogP contribution >= 0.6 is 0 Å². The van der Waals surface area contributed by atoms with E-state index in [2.05, 4.69) is 14.7 Å². The highest BCUT2D eigenvalue weighted by Gasteiger charge is 2.17. The second-order valence-corrected chi connectivity index (χ2v) is 5.40. The maximum atomic E-state index is 12.5. The summed E-state index contributed by atoms with van der Waals surface area (Å²) in [4.78, 5) is 31.2. The number of hydrogen-bond acceptors (Lipinski definition) is 6. The maximum Gasteiger partial charge on any atom is 0.387 e. The molecule has 7 nitrogen and oxygen atoms in total. The Morgan fingerprint density at radius 1 is 1.35 bits per heavy atom. The SMILES string of the molecule is COc1cc2c(=O)[nH]c(CC(=O)c3ccoc3C)nc2cc1OC(F)F. The van der Waals surface area contributed by atoms with E-state index in [-0.39, 0.29) is 40.4 Å². The first-order chi connectivity index (χ1) is 12.4. The molecule has 0 atom stereocenters. The van der Waals surface area contributed by atoms with E-state index in [1.54, 1.807) is 6.92 Å². The van der Waals surface area contributed by atoms with Gasteiger partial charge in [-0.15, -0.1) is 0 Å². The van der Waals surface area contributed by atoms with E-state index in [9.17, 15) is 18.4 Å². The van der Waals surface area contributed by atoms with E-state index in [0.29, 0.717) is 11.3 Å². The summed E-state index contributed by atoms with van der Waals surface area (Å²) in [5.74, 6) is -0.0212. The van der Waals surface area contributed by atoms with Crippen molar-refractivity contribution in [2.24, 2.45) is 0 Å². The van der Waals surface area contributed by atoms with Crippen LogP contribution in [0.3, 0.4) is 0 Å². The van der Waals surface area contributed by atoms with Gasteiger partial charge in [0.05, 0.1) is 36.3 Å². The number of H-pyrrole nitrogens is 1. The fourth-order valence-electron chi connectivity index (χ4n) is 2.55. The van der Waals surface area contributed by atoms with E-state index in [1.807, 2.05) is 0 Å². The number of benzene rings is 1. The highest BCUT2D eigenvalue weighted by Crippen LogP contribution is 2.31. The van der Waals surface area contributed by atoms with Crippen molar-refractivity contribution < 1.29 is 27.5 Å². The molecular weight excluding hydrogens is 350 g/mol. The smallest absolute Gasteiger partial charge is 0.387 e. The number of carbonyl (C=O) groups is 1. The molecule has 0 bridgehead atoms. The third-order valence-electron chi connectivity index (χ3n) is 3.74. The van der Waals surface area contributed by atoms with Crippen molar-refractivity contribution in [2.45, 2.75) is 20.0 Å². The number of furan rings is 1. The molecule has 0 spiro atoms. The average molecular weight is 364 g/mol. The van der Waals surface area contributed by atoms with Crippen LogP contribution in [0.4, 0.5) is 8.78 Å². The van der Waals surface area contributed by atoms with Crippen LogP contribution in [0.15, 0.2) is 33.7 Å². The lowest BCUT2D eigenvalue weighted by Crippen LogP contribution is -2.16. The zero-order valence-electron chi connectivity index (χ0n) is 13.8. The summed E-state index contributed by atoms with van der Waals surface area (Å²) in [6, 6.07) is 3.95. The Morgan fingerprint density at radius 2 is 2.12 bits per heavy atom. The van der Waals surface area contributed by atoms with E-state index in [0.717, 1.165) is 0 Å². The molecule has 0 radical (unpaired) electrons. The first-order valence-corrected chi connectivity index (χ1v) is 7.52. The van der Waals surface area contributed by atoms with Crippen LogP contribution in [-0.2, 0) is 6.42 Å². The number of ketones is 1. The molecule has 3 rings (SSSR count). The zero-order chi connectivity index (χ0) is 18.8. The monoisotopic (exact) mass is 364 g/mol. The Kier molecular flexibility index (Phi) is 4.70. The van der Waals surface area contributed by atoms with Crippen molar-refractivity contribution >= 4 is 16.7 Å². The van der Waals surface area contributed by atoms with Crippen molar-refractivity contribution in [3.8, 4) is 11.5 Å². The Morgan fingerprint density at radius 3 is 2.73 bits per heavy atom. The number of rotatable bonds is 6. The standard InChI is InChI=1S/C17H14F2N2O5/c1-8-9(3-4-25-8)12(22)7-15-20-11-6-14(26-17(18)19)13(24-2)5-10(11)16(23)21-15/h3-6,17H,7H2,1-2H3,(H,20,21,23). The molecule has 9 heteroatoms. The predicted molar refractivity (Wildman–Crippen MR) is 87.0 cm³/mol. The highest BCUT2D eigenvalue weighted by atomic mass is 19.3.